The van der Waals surface area contributed by atoms with Gasteiger partial charge >= 0.3 is 0 Å². The van der Waals surface area contributed by atoms with E-state index in [4.69, 9.17) is 9.84 Å². The average molecular weight is 361 g/mol. The van der Waals surface area contributed by atoms with Crippen molar-refractivity contribution in [2.75, 3.05) is 45.3 Å². The summed E-state index contributed by atoms with van der Waals surface area (Å²) in [4.78, 5) is 13.0. The second-order valence-electron chi connectivity index (χ2n) is 6.68. The van der Waals surface area contributed by atoms with Crippen molar-refractivity contribution in [1.29, 1.82) is 0 Å². The van der Waals surface area contributed by atoms with Gasteiger partial charge in [0.25, 0.3) is 0 Å². The number of likely N-dealkylation sites (N-methyl/N-ethyl adjacent to an activating group) is 1. The molecule has 1 aliphatic heterocycles. The Hall–Kier alpha value is -2.26. The largest absolute Gasteiger partial charge is 0.494 e. The summed E-state index contributed by atoms with van der Waals surface area (Å²) in [5.74, 6) is 3.76. The number of aliphatic hydroxyl groups is 1. The predicted octanol–water partition coefficient (Wildman–Crippen LogP) is 0.422. The highest BCUT2D eigenvalue weighted by Gasteiger charge is 2.26. The third kappa shape index (κ3) is 4.10. The first-order chi connectivity index (χ1) is 12.6. The van der Waals surface area contributed by atoms with Crippen LogP contribution in [0.4, 0.5) is 5.95 Å². The molecule has 0 atom stereocenters. The highest BCUT2D eigenvalue weighted by molar-refractivity contribution is 5.32. The highest BCUT2D eigenvalue weighted by atomic mass is 16.5. The average Bonchev–Trinajstić information content (AvgIpc) is 3.02. The molecule has 1 saturated heterocycles. The Balaban J connectivity index is 1.60. The smallest absolute Gasteiger partial charge is 0.225 e. The Morgan fingerprint density at radius 3 is 2.54 bits per heavy atom. The van der Waals surface area contributed by atoms with Crippen LogP contribution in [0, 0.1) is 0 Å². The molecule has 1 aliphatic rings. The number of ether oxygens (including phenoxy) is 1. The Morgan fingerprint density at radius 2 is 1.92 bits per heavy atom. The molecule has 0 spiro atoms. The molecule has 2 aromatic heterocycles. The summed E-state index contributed by atoms with van der Waals surface area (Å²) in [6.07, 6.45) is 5.39. The molecule has 9 nitrogen and oxygen atoms in total. The molecule has 3 heterocycles. The first-order valence-electron chi connectivity index (χ1n) is 8.91. The monoisotopic (exact) mass is 361 g/mol. The summed E-state index contributed by atoms with van der Waals surface area (Å²) in [6.45, 7) is 3.24. The molecule has 3 rings (SSSR count). The molecule has 0 bridgehead atoms. The van der Waals surface area contributed by atoms with E-state index in [0.29, 0.717) is 24.8 Å². The lowest BCUT2D eigenvalue weighted by Crippen LogP contribution is -2.34. The van der Waals surface area contributed by atoms with E-state index in [0.717, 1.165) is 43.5 Å². The standard InChI is InChI=1S/C17H27N7O2/c1-22(8-9-25)12-15-20-21-16(23(15)2)13-4-6-24(7-5-13)17-18-10-14(26-3)11-19-17/h10-11,13,25H,4-9,12H2,1-3H3. The number of hydrogen-bond acceptors (Lipinski definition) is 8. The molecule has 2 aromatic rings. The molecule has 9 heteroatoms. The second-order valence-corrected chi connectivity index (χ2v) is 6.68. The van der Waals surface area contributed by atoms with Crippen LogP contribution >= 0.6 is 0 Å². The lowest BCUT2D eigenvalue weighted by Gasteiger charge is -2.31. The molecule has 0 aromatic carbocycles. The number of methoxy groups -OCH3 is 1. The van der Waals surface area contributed by atoms with Crippen LogP contribution in [0.25, 0.3) is 0 Å². The van der Waals surface area contributed by atoms with Gasteiger partial charge in [-0.15, -0.1) is 10.2 Å². The molecular formula is C17H27N7O2. The fourth-order valence-electron chi connectivity index (χ4n) is 3.28. The van der Waals surface area contributed by atoms with Gasteiger partial charge in [-0.3, -0.25) is 4.90 Å². The van der Waals surface area contributed by atoms with Crippen LogP contribution in [0.1, 0.15) is 30.4 Å². The fraction of sp³-hybridized carbons (Fsp3) is 0.647. The molecule has 142 valence electrons. The van der Waals surface area contributed by atoms with Crippen molar-refractivity contribution in [2.45, 2.75) is 25.3 Å². The number of rotatable bonds is 7. The van der Waals surface area contributed by atoms with E-state index in [1.165, 1.54) is 0 Å². The van der Waals surface area contributed by atoms with Crippen LogP contribution in [0.5, 0.6) is 5.75 Å². The van der Waals surface area contributed by atoms with Gasteiger partial charge in [-0.05, 0) is 19.9 Å². The van der Waals surface area contributed by atoms with Crippen LogP contribution in [-0.4, -0.2) is 75.1 Å². The Kier molecular flexibility index (Phi) is 6.00. The summed E-state index contributed by atoms with van der Waals surface area (Å²) in [6, 6.07) is 0. The third-order valence-corrected chi connectivity index (χ3v) is 4.88. The number of nitrogens with zero attached hydrogens (tertiary/aromatic N) is 7. The first-order valence-corrected chi connectivity index (χ1v) is 8.91. The zero-order valence-corrected chi connectivity index (χ0v) is 15.7. The molecule has 1 N–H and O–H groups in total. The zero-order chi connectivity index (χ0) is 18.5. The minimum absolute atomic E-state index is 0.146. The van der Waals surface area contributed by atoms with Crippen molar-refractivity contribution in [1.82, 2.24) is 29.6 Å². The highest BCUT2D eigenvalue weighted by Crippen LogP contribution is 2.28. The summed E-state index contributed by atoms with van der Waals surface area (Å²) >= 11 is 0. The molecular weight excluding hydrogens is 334 g/mol. The molecule has 26 heavy (non-hydrogen) atoms. The summed E-state index contributed by atoms with van der Waals surface area (Å²) in [7, 11) is 5.61. The van der Waals surface area contributed by atoms with Gasteiger partial charge < -0.3 is 19.3 Å². The Labute approximate surface area is 153 Å². The number of aromatic nitrogens is 5. The van der Waals surface area contributed by atoms with E-state index < -0.39 is 0 Å². The van der Waals surface area contributed by atoms with Crippen molar-refractivity contribution >= 4 is 5.95 Å². The van der Waals surface area contributed by atoms with Crippen LogP contribution in [0.3, 0.4) is 0 Å². The van der Waals surface area contributed by atoms with Crippen molar-refractivity contribution in [3.63, 3.8) is 0 Å². The van der Waals surface area contributed by atoms with Gasteiger partial charge in [0.05, 0.1) is 32.7 Å². The van der Waals surface area contributed by atoms with Gasteiger partial charge in [0.15, 0.2) is 5.75 Å². The van der Waals surface area contributed by atoms with Gasteiger partial charge in [0.2, 0.25) is 5.95 Å². The SMILES string of the molecule is COc1cnc(N2CCC(c3nnc(CN(C)CCO)n3C)CC2)nc1. The van der Waals surface area contributed by atoms with Crippen LogP contribution in [0.15, 0.2) is 12.4 Å². The van der Waals surface area contributed by atoms with Crippen molar-refractivity contribution < 1.29 is 9.84 Å². The van der Waals surface area contributed by atoms with Crippen molar-refractivity contribution in [3.8, 4) is 5.75 Å². The van der Waals surface area contributed by atoms with E-state index in [-0.39, 0.29) is 6.61 Å². The van der Waals surface area contributed by atoms with E-state index in [1.807, 2.05) is 19.0 Å². The molecule has 0 unspecified atom stereocenters. The van der Waals surface area contributed by atoms with E-state index in [2.05, 4.69) is 29.6 Å². The molecule has 0 amide bonds. The maximum absolute atomic E-state index is 9.03. The normalized spacial score (nSPS) is 15.7. The molecule has 0 radical (unpaired) electrons. The summed E-state index contributed by atoms with van der Waals surface area (Å²) in [5.41, 5.74) is 0. The van der Waals surface area contributed by atoms with Crippen molar-refractivity contribution in [2.24, 2.45) is 7.05 Å². The minimum atomic E-state index is 0.146. The third-order valence-electron chi connectivity index (χ3n) is 4.88. The lowest BCUT2D eigenvalue weighted by molar-refractivity contribution is 0.213. The number of aliphatic hydroxyl groups excluding tert-OH is 1. The fourth-order valence-corrected chi connectivity index (χ4v) is 3.28. The first kappa shape index (κ1) is 18.5. The summed E-state index contributed by atoms with van der Waals surface area (Å²) < 4.78 is 7.21. The topological polar surface area (TPSA) is 92.4 Å². The predicted molar refractivity (Wildman–Crippen MR) is 97.2 cm³/mol. The molecule has 1 fully saturated rings. The zero-order valence-electron chi connectivity index (χ0n) is 15.7. The molecule has 0 saturated carbocycles. The summed E-state index contributed by atoms with van der Waals surface area (Å²) in [5, 5.41) is 17.8. The Morgan fingerprint density at radius 1 is 1.23 bits per heavy atom. The van der Waals surface area contributed by atoms with Gasteiger partial charge in [-0.25, -0.2) is 9.97 Å². The van der Waals surface area contributed by atoms with Crippen LogP contribution < -0.4 is 9.64 Å². The van der Waals surface area contributed by atoms with Gasteiger partial charge in [0, 0.05) is 32.6 Å². The second kappa shape index (κ2) is 8.41. The van der Waals surface area contributed by atoms with Crippen LogP contribution in [-0.2, 0) is 13.6 Å². The maximum atomic E-state index is 9.03. The van der Waals surface area contributed by atoms with Crippen LogP contribution in [0.2, 0.25) is 0 Å². The maximum Gasteiger partial charge on any atom is 0.225 e. The van der Waals surface area contributed by atoms with Crippen molar-refractivity contribution in [3.05, 3.63) is 24.0 Å². The van der Waals surface area contributed by atoms with Gasteiger partial charge in [-0.1, -0.05) is 0 Å². The number of piperidine rings is 1. The quantitative estimate of drug-likeness (QED) is 0.759. The number of anilines is 1. The van der Waals surface area contributed by atoms with Gasteiger partial charge in [-0.2, -0.15) is 0 Å². The minimum Gasteiger partial charge on any atom is -0.494 e. The van der Waals surface area contributed by atoms with Gasteiger partial charge in [0.1, 0.15) is 11.6 Å². The number of hydrogen-bond donors (Lipinski definition) is 1. The van der Waals surface area contributed by atoms with E-state index in [1.54, 1.807) is 19.5 Å². The van der Waals surface area contributed by atoms with E-state index in [9.17, 15) is 0 Å². The molecule has 0 aliphatic carbocycles. The Bertz CT molecular complexity index is 696. The lowest BCUT2D eigenvalue weighted by atomic mass is 9.96. The van der Waals surface area contributed by atoms with E-state index >= 15 is 0 Å².